The minimum absolute atomic E-state index is 0.00967. The van der Waals surface area contributed by atoms with Crippen LogP contribution in [0.5, 0.6) is 0 Å². The summed E-state index contributed by atoms with van der Waals surface area (Å²) in [6, 6.07) is 19.3. The molecular weight excluding hydrogens is 382 g/mol. The molecule has 0 saturated heterocycles. The predicted molar refractivity (Wildman–Crippen MR) is 117 cm³/mol. The van der Waals surface area contributed by atoms with E-state index in [1.807, 2.05) is 74.6 Å². The summed E-state index contributed by atoms with van der Waals surface area (Å²) in [4.78, 5) is 30.8. The van der Waals surface area contributed by atoms with E-state index in [1.165, 1.54) is 11.3 Å². The number of thiophene rings is 1. The number of ketones is 1. The monoisotopic (exact) mass is 403 g/mol. The molecule has 1 amide bonds. The number of fused-ring (bicyclic) bond motifs is 1. The summed E-state index contributed by atoms with van der Waals surface area (Å²) in [5.41, 5.74) is 3.71. The molecule has 0 fully saturated rings. The quantitative estimate of drug-likeness (QED) is 0.449. The van der Waals surface area contributed by atoms with Crippen LogP contribution in [0.3, 0.4) is 0 Å². The molecule has 0 radical (unpaired) electrons. The van der Waals surface area contributed by atoms with Crippen LogP contribution in [0.4, 0.5) is 5.69 Å². The van der Waals surface area contributed by atoms with Gasteiger partial charge in [-0.25, -0.2) is 4.98 Å². The standard InChI is InChI=1S/C23H21N3O2S/c1-15-7-13-21(29-15)20(27)12-14-22(28)24-17-10-8-16(9-11-17)23-25-18-5-3-4-6-19(18)26(23)2/h3-11,13H,12,14H2,1-2H3,(H,24,28). The number of benzene rings is 2. The topological polar surface area (TPSA) is 64.0 Å². The van der Waals surface area contributed by atoms with Crippen LogP contribution in [0.2, 0.25) is 0 Å². The maximum absolute atomic E-state index is 12.2. The number of aryl methyl sites for hydroxylation is 2. The van der Waals surface area contributed by atoms with Crippen molar-refractivity contribution in [2.24, 2.45) is 7.05 Å². The molecule has 1 N–H and O–H groups in total. The minimum Gasteiger partial charge on any atom is -0.327 e. The molecule has 0 aliphatic rings. The second-order valence-corrected chi connectivity index (χ2v) is 8.23. The number of anilines is 1. The van der Waals surface area contributed by atoms with Gasteiger partial charge in [0.25, 0.3) is 0 Å². The zero-order valence-corrected chi connectivity index (χ0v) is 17.1. The zero-order chi connectivity index (χ0) is 20.4. The first-order valence-electron chi connectivity index (χ1n) is 9.42. The normalized spacial score (nSPS) is 11.0. The summed E-state index contributed by atoms with van der Waals surface area (Å²) in [7, 11) is 1.99. The maximum Gasteiger partial charge on any atom is 0.224 e. The van der Waals surface area contributed by atoms with Gasteiger partial charge in [-0.2, -0.15) is 0 Å². The molecule has 4 aromatic rings. The molecule has 29 heavy (non-hydrogen) atoms. The van der Waals surface area contributed by atoms with Gasteiger partial charge in [-0.15, -0.1) is 11.3 Å². The lowest BCUT2D eigenvalue weighted by Gasteiger charge is -2.07. The molecule has 2 aromatic heterocycles. The lowest BCUT2D eigenvalue weighted by atomic mass is 10.1. The number of para-hydroxylation sites is 2. The molecule has 5 nitrogen and oxygen atoms in total. The van der Waals surface area contributed by atoms with Crippen molar-refractivity contribution < 1.29 is 9.59 Å². The fourth-order valence-corrected chi connectivity index (χ4v) is 4.10. The number of rotatable bonds is 6. The Morgan fingerprint density at radius 3 is 2.45 bits per heavy atom. The van der Waals surface area contributed by atoms with E-state index in [9.17, 15) is 9.59 Å². The third-order valence-electron chi connectivity index (χ3n) is 4.81. The number of hydrogen-bond acceptors (Lipinski definition) is 4. The number of imidazole rings is 1. The summed E-state index contributed by atoms with van der Waals surface area (Å²) in [6.45, 7) is 1.96. The second-order valence-electron chi connectivity index (χ2n) is 6.94. The summed E-state index contributed by atoms with van der Waals surface area (Å²) >= 11 is 1.46. The first-order chi connectivity index (χ1) is 14.0. The molecule has 0 saturated carbocycles. The van der Waals surface area contributed by atoms with Crippen molar-refractivity contribution in [3.63, 3.8) is 0 Å². The highest BCUT2D eigenvalue weighted by molar-refractivity contribution is 7.14. The van der Waals surface area contributed by atoms with Gasteiger partial charge in [-0.3, -0.25) is 9.59 Å². The SMILES string of the molecule is Cc1ccc(C(=O)CCC(=O)Nc2ccc(-c3nc4ccccc4n3C)cc2)s1. The number of amides is 1. The van der Waals surface area contributed by atoms with E-state index in [0.29, 0.717) is 10.6 Å². The minimum atomic E-state index is -0.165. The van der Waals surface area contributed by atoms with Crippen molar-refractivity contribution in [2.75, 3.05) is 5.32 Å². The van der Waals surface area contributed by atoms with Gasteiger partial charge in [0.1, 0.15) is 5.82 Å². The molecule has 146 valence electrons. The first-order valence-corrected chi connectivity index (χ1v) is 10.2. The predicted octanol–water partition coefficient (Wildman–Crippen LogP) is 5.21. The molecule has 0 bridgehead atoms. The number of nitrogens with zero attached hydrogens (tertiary/aromatic N) is 2. The second kappa shape index (κ2) is 8.01. The number of hydrogen-bond donors (Lipinski definition) is 1. The Labute approximate surface area is 173 Å². The van der Waals surface area contributed by atoms with Gasteiger partial charge >= 0.3 is 0 Å². The van der Waals surface area contributed by atoms with Gasteiger partial charge in [0.2, 0.25) is 5.91 Å². The van der Waals surface area contributed by atoms with E-state index in [4.69, 9.17) is 4.98 Å². The van der Waals surface area contributed by atoms with E-state index >= 15 is 0 Å². The molecule has 0 atom stereocenters. The highest BCUT2D eigenvalue weighted by Gasteiger charge is 2.12. The number of aromatic nitrogens is 2. The number of carbonyl (C=O) groups excluding carboxylic acids is 2. The largest absolute Gasteiger partial charge is 0.327 e. The molecule has 2 heterocycles. The molecule has 0 aliphatic heterocycles. The lowest BCUT2D eigenvalue weighted by Crippen LogP contribution is -2.13. The van der Waals surface area contributed by atoms with Crippen molar-refractivity contribution >= 4 is 39.7 Å². The molecule has 0 aliphatic carbocycles. The van der Waals surface area contributed by atoms with E-state index in [2.05, 4.69) is 9.88 Å². The van der Waals surface area contributed by atoms with Crippen LogP contribution in [0.1, 0.15) is 27.4 Å². The Hall–Kier alpha value is -3.25. The average molecular weight is 404 g/mol. The Bertz CT molecular complexity index is 1190. The van der Waals surface area contributed by atoms with Gasteiger partial charge in [-0.1, -0.05) is 12.1 Å². The Morgan fingerprint density at radius 2 is 1.76 bits per heavy atom. The average Bonchev–Trinajstić information content (AvgIpc) is 3.31. The van der Waals surface area contributed by atoms with Crippen molar-refractivity contribution in [1.29, 1.82) is 0 Å². The van der Waals surface area contributed by atoms with E-state index in [1.54, 1.807) is 0 Å². The molecular formula is C23H21N3O2S. The lowest BCUT2D eigenvalue weighted by molar-refractivity contribution is -0.116. The van der Waals surface area contributed by atoms with Gasteiger partial charge in [-0.05, 0) is 55.5 Å². The fraction of sp³-hybridized carbons (Fsp3) is 0.174. The Balaban J connectivity index is 1.39. The third kappa shape index (κ3) is 4.12. The van der Waals surface area contributed by atoms with Crippen LogP contribution >= 0.6 is 11.3 Å². The van der Waals surface area contributed by atoms with E-state index in [0.717, 1.165) is 27.3 Å². The first kappa shape index (κ1) is 19.1. The third-order valence-corrected chi connectivity index (χ3v) is 5.85. The van der Waals surface area contributed by atoms with Gasteiger partial charge in [0, 0.05) is 36.0 Å². The molecule has 0 spiro atoms. The van der Waals surface area contributed by atoms with Gasteiger partial charge in [0.15, 0.2) is 5.78 Å². The maximum atomic E-state index is 12.2. The van der Waals surface area contributed by atoms with Crippen molar-refractivity contribution in [2.45, 2.75) is 19.8 Å². The van der Waals surface area contributed by atoms with Crippen molar-refractivity contribution in [1.82, 2.24) is 9.55 Å². The van der Waals surface area contributed by atoms with Gasteiger partial charge < -0.3 is 9.88 Å². The van der Waals surface area contributed by atoms with Gasteiger partial charge in [0.05, 0.1) is 15.9 Å². The summed E-state index contributed by atoms with van der Waals surface area (Å²) in [6.07, 6.45) is 0.381. The smallest absolute Gasteiger partial charge is 0.224 e. The number of Topliss-reactive ketones (excluding diaryl/α,β-unsaturated/α-hetero) is 1. The highest BCUT2D eigenvalue weighted by Crippen LogP contribution is 2.25. The summed E-state index contributed by atoms with van der Waals surface area (Å²) < 4.78 is 2.06. The Kier molecular flexibility index (Phi) is 5.27. The van der Waals surface area contributed by atoms with Crippen molar-refractivity contribution in [3.05, 3.63) is 70.4 Å². The van der Waals surface area contributed by atoms with E-state index < -0.39 is 0 Å². The van der Waals surface area contributed by atoms with Crippen LogP contribution in [-0.4, -0.2) is 21.2 Å². The van der Waals surface area contributed by atoms with Crippen LogP contribution in [0, 0.1) is 6.92 Å². The number of carbonyl (C=O) groups is 2. The number of nitrogens with one attached hydrogen (secondary N) is 1. The van der Waals surface area contributed by atoms with Crippen LogP contribution in [-0.2, 0) is 11.8 Å². The molecule has 4 rings (SSSR count). The Morgan fingerprint density at radius 1 is 1.00 bits per heavy atom. The molecule has 0 unspecified atom stereocenters. The summed E-state index contributed by atoms with van der Waals surface area (Å²) in [5.74, 6) is 0.721. The van der Waals surface area contributed by atoms with E-state index in [-0.39, 0.29) is 24.5 Å². The molecule has 6 heteroatoms. The van der Waals surface area contributed by atoms with Crippen LogP contribution < -0.4 is 5.32 Å². The van der Waals surface area contributed by atoms with Crippen molar-refractivity contribution in [3.8, 4) is 11.4 Å². The zero-order valence-electron chi connectivity index (χ0n) is 16.3. The fourth-order valence-electron chi connectivity index (χ4n) is 3.26. The van der Waals surface area contributed by atoms with Crippen LogP contribution in [0.15, 0.2) is 60.7 Å². The van der Waals surface area contributed by atoms with Crippen LogP contribution in [0.25, 0.3) is 22.4 Å². The summed E-state index contributed by atoms with van der Waals surface area (Å²) in [5, 5.41) is 2.86. The highest BCUT2D eigenvalue weighted by atomic mass is 32.1. The molecule has 2 aromatic carbocycles.